The molecule has 1 fully saturated rings. The van der Waals surface area contributed by atoms with Gasteiger partial charge in [0.15, 0.2) is 0 Å². The van der Waals surface area contributed by atoms with E-state index in [0.717, 1.165) is 27.8 Å². The molecule has 114 valence electrons. The molecule has 1 aliphatic rings. The molecule has 0 atom stereocenters. The van der Waals surface area contributed by atoms with Crippen LogP contribution in [0.3, 0.4) is 0 Å². The van der Waals surface area contributed by atoms with Crippen molar-refractivity contribution in [3.8, 4) is 5.88 Å². The van der Waals surface area contributed by atoms with Crippen LogP contribution < -0.4 is 4.74 Å². The Morgan fingerprint density at radius 1 is 1.13 bits per heavy atom. The van der Waals surface area contributed by atoms with Crippen LogP contribution in [0.4, 0.5) is 0 Å². The number of furan rings is 1. The SMILES string of the molecule is c1ccc2oc(COc3ccc4c(C5CC5)noc4n3)cc2c1. The van der Waals surface area contributed by atoms with E-state index in [1.807, 2.05) is 42.5 Å². The minimum Gasteiger partial charge on any atom is -0.469 e. The van der Waals surface area contributed by atoms with Gasteiger partial charge >= 0.3 is 0 Å². The molecular formula is C18H14N2O3. The Hall–Kier alpha value is -2.82. The van der Waals surface area contributed by atoms with Gasteiger partial charge in [-0.2, -0.15) is 4.98 Å². The molecule has 0 spiro atoms. The smallest absolute Gasteiger partial charge is 0.261 e. The first-order valence-electron chi connectivity index (χ1n) is 7.73. The highest BCUT2D eigenvalue weighted by Crippen LogP contribution is 2.42. The lowest BCUT2D eigenvalue weighted by atomic mass is 10.2. The van der Waals surface area contributed by atoms with E-state index in [9.17, 15) is 0 Å². The van der Waals surface area contributed by atoms with Gasteiger partial charge in [-0.3, -0.25) is 0 Å². The predicted molar refractivity (Wildman–Crippen MR) is 84.3 cm³/mol. The Balaban J connectivity index is 1.38. The van der Waals surface area contributed by atoms with E-state index in [1.165, 1.54) is 12.8 Å². The molecule has 5 nitrogen and oxygen atoms in total. The van der Waals surface area contributed by atoms with Crippen molar-refractivity contribution in [1.82, 2.24) is 10.1 Å². The van der Waals surface area contributed by atoms with Crippen LogP contribution >= 0.6 is 0 Å². The summed E-state index contributed by atoms with van der Waals surface area (Å²) in [6.45, 7) is 0.330. The van der Waals surface area contributed by atoms with Crippen molar-refractivity contribution in [3.63, 3.8) is 0 Å². The van der Waals surface area contributed by atoms with Crippen LogP contribution in [0.5, 0.6) is 5.88 Å². The number of pyridine rings is 1. The van der Waals surface area contributed by atoms with Crippen molar-refractivity contribution < 1.29 is 13.7 Å². The van der Waals surface area contributed by atoms with Gasteiger partial charge in [0, 0.05) is 17.4 Å². The van der Waals surface area contributed by atoms with Gasteiger partial charge in [0.1, 0.15) is 18.0 Å². The van der Waals surface area contributed by atoms with Crippen LogP contribution in [0, 0.1) is 0 Å². The van der Waals surface area contributed by atoms with Crippen LogP contribution in [0.2, 0.25) is 0 Å². The van der Waals surface area contributed by atoms with E-state index < -0.39 is 0 Å². The first kappa shape index (κ1) is 12.7. The van der Waals surface area contributed by atoms with E-state index in [1.54, 1.807) is 0 Å². The molecule has 5 rings (SSSR count). The molecule has 0 unspecified atom stereocenters. The number of ether oxygens (including phenoxy) is 1. The molecule has 1 saturated carbocycles. The first-order valence-corrected chi connectivity index (χ1v) is 7.73. The van der Waals surface area contributed by atoms with Gasteiger partial charge in [-0.05, 0) is 31.0 Å². The van der Waals surface area contributed by atoms with Crippen LogP contribution in [-0.4, -0.2) is 10.1 Å². The van der Waals surface area contributed by atoms with Crippen molar-refractivity contribution in [2.45, 2.75) is 25.4 Å². The fraction of sp³-hybridized carbons (Fsp3) is 0.222. The van der Waals surface area contributed by atoms with Crippen molar-refractivity contribution in [3.05, 3.63) is 53.9 Å². The Morgan fingerprint density at radius 3 is 2.91 bits per heavy atom. The van der Waals surface area contributed by atoms with Crippen LogP contribution in [-0.2, 0) is 6.61 Å². The number of para-hydroxylation sites is 1. The summed E-state index contributed by atoms with van der Waals surface area (Å²) in [7, 11) is 0. The normalized spacial score (nSPS) is 14.6. The molecule has 1 aliphatic carbocycles. The van der Waals surface area contributed by atoms with Gasteiger partial charge in [-0.25, -0.2) is 0 Å². The Bertz CT molecular complexity index is 965. The second-order valence-electron chi connectivity index (χ2n) is 5.88. The number of fused-ring (bicyclic) bond motifs is 2. The minimum atomic E-state index is 0.330. The summed E-state index contributed by atoms with van der Waals surface area (Å²) in [4.78, 5) is 4.38. The highest BCUT2D eigenvalue weighted by molar-refractivity contribution is 5.78. The Kier molecular flexibility index (Phi) is 2.67. The van der Waals surface area contributed by atoms with E-state index in [-0.39, 0.29) is 0 Å². The molecule has 0 aliphatic heterocycles. The largest absolute Gasteiger partial charge is 0.469 e. The van der Waals surface area contributed by atoms with E-state index in [0.29, 0.717) is 24.1 Å². The molecule has 0 radical (unpaired) electrons. The third kappa shape index (κ3) is 2.25. The number of benzene rings is 1. The summed E-state index contributed by atoms with van der Waals surface area (Å²) in [6, 6.07) is 13.7. The quantitative estimate of drug-likeness (QED) is 0.558. The molecule has 1 aromatic carbocycles. The first-order chi connectivity index (χ1) is 11.4. The monoisotopic (exact) mass is 306 g/mol. The van der Waals surface area contributed by atoms with Gasteiger partial charge in [0.2, 0.25) is 5.88 Å². The summed E-state index contributed by atoms with van der Waals surface area (Å²) in [5.41, 5.74) is 2.42. The molecule has 23 heavy (non-hydrogen) atoms. The lowest BCUT2D eigenvalue weighted by molar-refractivity contribution is 0.264. The number of hydrogen-bond acceptors (Lipinski definition) is 5. The Morgan fingerprint density at radius 2 is 2.04 bits per heavy atom. The third-order valence-corrected chi connectivity index (χ3v) is 4.14. The molecular weight excluding hydrogens is 292 g/mol. The molecule has 0 saturated heterocycles. The average Bonchev–Trinajstić information content (AvgIpc) is 3.20. The molecule has 0 bridgehead atoms. The number of hydrogen-bond donors (Lipinski definition) is 0. The van der Waals surface area contributed by atoms with Crippen LogP contribution in [0.15, 0.2) is 51.4 Å². The van der Waals surface area contributed by atoms with Gasteiger partial charge in [0.25, 0.3) is 5.71 Å². The second-order valence-corrected chi connectivity index (χ2v) is 5.88. The van der Waals surface area contributed by atoms with Crippen molar-refractivity contribution in [1.29, 1.82) is 0 Å². The van der Waals surface area contributed by atoms with Gasteiger partial charge in [0.05, 0.1) is 11.1 Å². The molecule has 0 amide bonds. The fourth-order valence-electron chi connectivity index (χ4n) is 2.81. The fourth-order valence-corrected chi connectivity index (χ4v) is 2.81. The minimum absolute atomic E-state index is 0.330. The van der Waals surface area contributed by atoms with Crippen LogP contribution in [0.1, 0.15) is 30.2 Å². The molecule has 5 heteroatoms. The van der Waals surface area contributed by atoms with E-state index >= 15 is 0 Å². The summed E-state index contributed by atoms with van der Waals surface area (Å²) >= 11 is 0. The number of nitrogens with zero attached hydrogens (tertiary/aromatic N) is 2. The van der Waals surface area contributed by atoms with Crippen molar-refractivity contribution >= 4 is 22.1 Å². The highest BCUT2D eigenvalue weighted by Gasteiger charge is 2.29. The zero-order valence-electron chi connectivity index (χ0n) is 12.4. The molecule has 3 aromatic heterocycles. The predicted octanol–water partition coefficient (Wildman–Crippen LogP) is 4.43. The van der Waals surface area contributed by atoms with E-state index in [4.69, 9.17) is 13.7 Å². The van der Waals surface area contributed by atoms with E-state index in [2.05, 4.69) is 10.1 Å². The summed E-state index contributed by atoms with van der Waals surface area (Å²) < 4.78 is 16.8. The van der Waals surface area contributed by atoms with Crippen molar-refractivity contribution in [2.24, 2.45) is 0 Å². The topological polar surface area (TPSA) is 61.3 Å². The van der Waals surface area contributed by atoms with Gasteiger partial charge in [-0.1, -0.05) is 23.4 Å². The standard InChI is InChI=1S/C18H14N2O3/c1-2-4-15-12(3-1)9-13(22-15)10-21-16-8-7-14-17(11-5-6-11)20-23-18(14)19-16/h1-4,7-9,11H,5-6,10H2. The summed E-state index contributed by atoms with van der Waals surface area (Å²) in [6.07, 6.45) is 2.37. The van der Waals surface area contributed by atoms with Gasteiger partial charge < -0.3 is 13.7 Å². The molecule has 0 N–H and O–H groups in total. The molecule has 3 heterocycles. The number of aromatic nitrogens is 2. The third-order valence-electron chi connectivity index (χ3n) is 4.14. The second kappa shape index (κ2) is 4.84. The zero-order valence-corrected chi connectivity index (χ0v) is 12.4. The maximum absolute atomic E-state index is 5.73. The Labute approximate surface area is 131 Å². The maximum Gasteiger partial charge on any atom is 0.261 e. The van der Waals surface area contributed by atoms with Crippen LogP contribution in [0.25, 0.3) is 22.1 Å². The zero-order chi connectivity index (χ0) is 15.2. The maximum atomic E-state index is 5.73. The lowest BCUT2D eigenvalue weighted by Gasteiger charge is -2.02. The van der Waals surface area contributed by atoms with Gasteiger partial charge in [-0.15, -0.1) is 0 Å². The average molecular weight is 306 g/mol. The summed E-state index contributed by atoms with van der Waals surface area (Å²) in [5, 5.41) is 6.19. The summed E-state index contributed by atoms with van der Waals surface area (Å²) in [5.74, 6) is 1.82. The number of rotatable bonds is 4. The van der Waals surface area contributed by atoms with Crippen molar-refractivity contribution in [2.75, 3.05) is 0 Å². The highest BCUT2D eigenvalue weighted by atomic mass is 16.5. The lowest BCUT2D eigenvalue weighted by Crippen LogP contribution is -1.95. The molecule has 4 aromatic rings.